The lowest BCUT2D eigenvalue weighted by atomic mass is 9.70. The molecule has 2 atom stereocenters. The van der Waals surface area contributed by atoms with Gasteiger partial charge in [-0.05, 0) is 37.1 Å². The number of rotatable bonds is 6. The monoisotopic (exact) mass is 500 g/mol. The molecule has 1 amide bonds. The maximum absolute atomic E-state index is 13.8. The van der Waals surface area contributed by atoms with Crippen LogP contribution in [0.2, 0.25) is 0 Å². The number of hydrazine groups is 1. The number of hydrogen-bond donors (Lipinski definition) is 0. The van der Waals surface area contributed by atoms with Gasteiger partial charge in [0, 0.05) is 17.4 Å². The van der Waals surface area contributed by atoms with Gasteiger partial charge in [0.25, 0.3) is 0 Å². The Bertz CT molecular complexity index is 1010. The Balaban J connectivity index is 2.04. The van der Waals surface area contributed by atoms with Crippen molar-refractivity contribution >= 4 is 33.8 Å². The molecule has 7 nitrogen and oxygen atoms in total. The molecule has 168 valence electrons. The second kappa shape index (κ2) is 9.03. The van der Waals surface area contributed by atoms with E-state index in [9.17, 15) is 14.4 Å². The van der Waals surface area contributed by atoms with Crippen LogP contribution in [-0.4, -0.2) is 47.6 Å². The zero-order valence-corrected chi connectivity index (χ0v) is 19.6. The summed E-state index contributed by atoms with van der Waals surface area (Å²) < 4.78 is 11.8. The van der Waals surface area contributed by atoms with E-state index in [1.165, 1.54) is 0 Å². The summed E-state index contributed by atoms with van der Waals surface area (Å²) in [6.07, 6.45) is 0.301. The summed E-state index contributed by atoms with van der Waals surface area (Å²) >= 11 is 3.48. The number of carbonyl (C=O) groups excluding carboxylic acids is 3. The van der Waals surface area contributed by atoms with Crippen LogP contribution in [0.25, 0.3) is 0 Å². The average molecular weight is 501 g/mol. The Morgan fingerprint density at radius 3 is 2.19 bits per heavy atom. The Labute approximate surface area is 195 Å². The summed E-state index contributed by atoms with van der Waals surface area (Å²) in [7, 11) is 0. The molecule has 2 aliphatic rings. The molecule has 0 radical (unpaired) electrons. The van der Waals surface area contributed by atoms with Crippen LogP contribution in [0, 0.1) is 5.41 Å². The van der Waals surface area contributed by atoms with Crippen LogP contribution in [0.1, 0.15) is 43.5 Å². The van der Waals surface area contributed by atoms with E-state index < -0.39 is 29.4 Å². The molecule has 2 saturated heterocycles. The first-order chi connectivity index (χ1) is 15.5. The molecule has 0 aromatic heterocycles. The van der Waals surface area contributed by atoms with Gasteiger partial charge in [-0.2, -0.15) is 0 Å². The van der Waals surface area contributed by atoms with Crippen molar-refractivity contribution in [3.63, 3.8) is 0 Å². The highest BCUT2D eigenvalue weighted by Gasteiger charge is 2.72. The Kier molecular flexibility index (Phi) is 6.35. The van der Waals surface area contributed by atoms with E-state index in [2.05, 4.69) is 15.9 Å². The average Bonchev–Trinajstić information content (AvgIpc) is 3.30. The van der Waals surface area contributed by atoms with Gasteiger partial charge in [-0.15, -0.1) is 0 Å². The van der Waals surface area contributed by atoms with Gasteiger partial charge in [0.15, 0.2) is 0 Å². The topological polar surface area (TPSA) is 76.2 Å². The molecule has 2 aromatic rings. The van der Waals surface area contributed by atoms with Crippen molar-refractivity contribution in [2.75, 3.05) is 19.8 Å². The van der Waals surface area contributed by atoms with Gasteiger partial charge in [0.2, 0.25) is 11.3 Å². The molecule has 0 aliphatic carbocycles. The number of hydrogen-bond acceptors (Lipinski definition) is 6. The summed E-state index contributed by atoms with van der Waals surface area (Å²) in [5, 5.41) is 3.39. The maximum Gasteiger partial charge on any atom is 0.328 e. The minimum atomic E-state index is -1.79. The molecule has 0 N–H and O–H groups in total. The number of ether oxygens (including phenoxy) is 2. The smallest absolute Gasteiger partial charge is 0.328 e. The van der Waals surface area contributed by atoms with Crippen LogP contribution in [0.15, 0.2) is 59.1 Å². The Hall–Kier alpha value is -2.71. The normalized spacial score (nSPS) is 22.0. The highest BCUT2D eigenvalue weighted by atomic mass is 79.9. The molecule has 2 aliphatic heterocycles. The van der Waals surface area contributed by atoms with E-state index >= 15 is 0 Å². The van der Waals surface area contributed by atoms with Crippen molar-refractivity contribution in [1.82, 2.24) is 10.0 Å². The lowest BCUT2D eigenvalue weighted by molar-refractivity contribution is -0.176. The van der Waals surface area contributed by atoms with Crippen LogP contribution < -0.4 is 0 Å². The van der Waals surface area contributed by atoms with E-state index in [0.29, 0.717) is 18.5 Å². The molecule has 2 heterocycles. The predicted octanol–water partition coefficient (Wildman–Crippen LogP) is 3.81. The highest BCUT2D eigenvalue weighted by molar-refractivity contribution is 9.10. The lowest BCUT2D eigenvalue weighted by Gasteiger charge is -2.35. The first kappa shape index (κ1) is 22.5. The van der Waals surface area contributed by atoms with Crippen LogP contribution in [0.4, 0.5) is 0 Å². The number of esters is 2. The third kappa shape index (κ3) is 3.42. The van der Waals surface area contributed by atoms with Gasteiger partial charge in [-0.3, -0.25) is 19.4 Å². The first-order valence-corrected chi connectivity index (χ1v) is 11.5. The molecule has 0 spiro atoms. The minimum Gasteiger partial charge on any atom is -0.465 e. The molecule has 2 aromatic carbocycles. The lowest BCUT2D eigenvalue weighted by Crippen LogP contribution is -2.50. The second-order valence-corrected chi connectivity index (χ2v) is 8.65. The van der Waals surface area contributed by atoms with Gasteiger partial charge >= 0.3 is 11.9 Å². The van der Waals surface area contributed by atoms with Gasteiger partial charge in [0.05, 0.1) is 19.3 Å². The third-order valence-electron chi connectivity index (χ3n) is 6.00. The molecular weight excluding hydrogens is 476 g/mol. The Morgan fingerprint density at radius 2 is 1.59 bits per heavy atom. The van der Waals surface area contributed by atoms with Gasteiger partial charge in [0.1, 0.15) is 6.04 Å². The Morgan fingerprint density at radius 1 is 0.969 bits per heavy atom. The van der Waals surface area contributed by atoms with E-state index in [-0.39, 0.29) is 19.1 Å². The number of nitrogens with zero attached hydrogens (tertiary/aromatic N) is 2. The standard InChI is InChI=1S/C24H25BrN2O5/c1-3-31-22(29)24(23(30)32-4-2)20(16-9-6-5-7-10-16)26-14-13-19(28)27(26)21(24)17-11-8-12-18(25)15-17/h5-12,15,20-21H,3-4,13-14H2,1-2H3/t20-,21-/m1/s1. The minimum absolute atomic E-state index is 0.0979. The fourth-order valence-electron chi connectivity index (χ4n) is 4.88. The molecule has 0 bridgehead atoms. The van der Waals surface area contributed by atoms with Crippen LogP contribution in [-0.2, 0) is 23.9 Å². The molecule has 0 saturated carbocycles. The third-order valence-corrected chi connectivity index (χ3v) is 6.49. The SMILES string of the molecule is CCOC(=O)C1(C(=O)OCC)[C@@H](c2ccccc2)N2CCC(=O)N2[C@@H]1c1cccc(Br)c1. The largest absolute Gasteiger partial charge is 0.465 e. The van der Waals surface area contributed by atoms with E-state index in [1.807, 2.05) is 59.6 Å². The van der Waals surface area contributed by atoms with Crippen molar-refractivity contribution in [3.8, 4) is 0 Å². The number of amides is 1. The number of fused-ring (bicyclic) bond motifs is 1. The van der Waals surface area contributed by atoms with Crippen molar-refractivity contribution in [3.05, 3.63) is 70.2 Å². The summed E-state index contributed by atoms with van der Waals surface area (Å²) in [5.41, 5.74) is -0.394. The van der Waals surface area contributed by atoms with Gasteiger partial charge in [-0.1, -0.05) is 58.4 Å². The van der Waals surface area contributed by atoms with Crippen LogP contribution >= 0.6 is 15.9 Å². The van der Waals surface area contributed by atoms with Crippen molar-refractivity contribution in [1.29, 1.82) is 0 Å². The zero-order chi connectivity index (χ0) is 22.9. The maximum atomic E-state index is 13.8. The zero-order valence-electron chi connectivity index (χ0n) is 18.0. The molecule has 0 unspecified atom stereocenters. The number of benzene rings is 2. The predicted molar refractivity (Wildman–Crippen MR) is 120 cm³/mol. The summed E-state index contributed by atoms with van der Waals surface area (Å²) in [6.45, 7) is 3.98. The quantitative estimate of drug-likeness (QED) is 0.443. The summed E-state index contributed by atoms with van der Waals surface area (Å²) in [5.74, 6) is -1.54. The number of halogens is 1. The van der Waals surface area contributed by atoms with E-state index in [1.54, 1.807) is 18.9 Å². The van der Waals surface area contributed by atoms with E-state index in [4.69, 9.17) is 9.47 Å². The highest BCUT2D eigenvalue weighted by Crippen LogP contribution is 2.60. The fraction of sp³-hybridized carbons (Fsp3) is 0.375. The van der Waals surface area contributed by atoms with Crippen molar-refractivity contribution < 1.29 is 23.9 Å². The van der Waals surface area contributed by atoms with E-state index in [0.717, 1.165) is 10.0 Å². The van der Waals surface area contributed by atoms with Crippen LogP contribution in [0.5, 0.6) is 0 Å². The second-order valence-electron chi connectivity index (χ2n) is 7.73. The van der Waals surface area contributed by atoms with Crippen LogP contribution in [0.3, 0.4) is 0 Å². The molecular formula is C24H25BrN2O5. The first-order valence-electron chi connectivity index (χ1n) is 10.7. The molecule has 2 fully saturated rings. The van der Waals surface area contributed by atoms with Gasteiger partial charge < -0.3 is 9.47 Å². The summed E-state index contributed by atoms with van der Waals surface area (Å²) in [6, 6.07) is 15.0. The molecule has 8 heteroatoms. The fourth-order valence-corrected chi connectivity index (χ4v) is 5.30. The van der Waals surface area contributed by atoms with Crippen molar-refractivity contribution in [2.24, 2.45) is 5.41 Å². The number of carbonyl (C=O) groups is 3. The van der Waals surface area contributed by atoms with Gasteiger partial charge in [-0.25, -0.2) is 5.01 Å². The van der Waals surface area contributed by atoms with Crippen molar-refractivity contribution in [2.45, 2.75) is 32.4 Å². The molecule has 32 heavy (non-hydrogen) atoms. The molecule has 4 rings (SSSR count). The summed E-state index contributed by atoms with van der Waals surface area (Å²) in [4.78, 5) is 40.7.